The maximum absolute atomic E-state index is 12.9. The van der Waals surface area contributed by atoms with Crippen LogP contribution in [0.2, 0.25) is 0 Å². The molecule has 4 heteroatoms. The Bertz CT molecular complexity index is 610. The van der Waals surface area contributed by atoms with Gasteiger partial charge in [-0.1, -0.05) is 13.8 Å². The number of benzene rings is 1. The maximum Gasteiger partial charge on any atom is 0.194 e. The summed E-state index contributed by atoms with van der Waals surface area (Å²) in [6, 6.07) is 7.60. The van der Waals surface area contributed by atoms with E-state index in [1.807, 2.05) is 13.0 Å². The molecule has 1 atom stereocenters. The predicted molar refractivity (Wildman–Crippen MR) is 80.8 cm³/mol. The van der Waals surface area contributed by atoms with Gasteiger partial charge in [-0.3, -0.25) is 9.78 Å². The Morgan fingerprint density at radius 1 is 1.19 bits per heavy atom. The topological polar surface area (TPSA) is 42.0 Å². The molecule has 2 rings (SSSR count). The lowest BCUT2D eigenvalue weighted by atomic mass is 10.00. The summed E-state index contributed by atoms with van der Waals surface area (Å²) in [6.45, 7) is 4.99. The van der Waals surface area contributed by atoms with Crippen LogP contribution in [0, 0.1) is 5.82 Å². The van der Waals surface area contributed by atoms with Crippen molar-refractivity contribution in [3.63, 3.8) is 0 Å². The molecule has 0 aliphatic rings. The first-order valence-electron chi connectivity index (χ1n) is 7.14. The number of nitrogens with zero attached hydrogens (tertiary/aromatic N) is 1. The zero-order chi connectivity index (χ0) is 15.2. The standard InChI is InChI=1S/C17H19FN2O/c1-3-16(20-4-2)13-9-14(11-19-10-13)17(21)12-5-7-15(18)8-6-12/h5-11,16,20H,3-4H2,1-2H3/t16-/m0/s1. The van der Waals surface area contributed by atoms with Gasteiger partial charge in [0.25, 0.3) is 0 Å². The van der Waals surface area contributed by atoms with E-state index < -0.39 is 0 Å². The normalized spacial score (nSPS) is 12.1. The van der Waals surface area contributed by atoms with Crippen LogP contribution in [0.5, 0.6) is 0 Å². The van der Waals surface area contributed by atoms with Gasteiger partial charge >= 0.3 is 0 Å². The zero-order valence-electron chi connectivity index (χ0n) is 12.3. The van der Waals surface area contributed by atoms with Crippen molar-refractivity contribution in [2.45, 2.75) is 26.3 Å². The van der Waals surface area contributed by atoms with Crippen molar-refractivity contribution < 1.29 is 9.18 Å². The molecule has 1 aromatic carbocycles. The van der Waals surface area contributed by atoms with E-state index in [1.54, 1.807) is 12.4 Å². The largest absolute Gasteiger partial charge is 0.310 e. The molecule has 3 nitrogen and oxygen atoms in total. The van der Waals surface area contributed by atoms with E-state index in [-0.39, 0.29) is 17.6 Å². The zero-order valence-corrected chi connectivity index (χ0v) is 12.3. The van der Waals surface area contributed by atoms with Gasteiger partial charge in [-0.2, -0.15) is 0 Å². The summed E-state index contributed by atoms with van der Waals surface area (Å²) in [5.74, 6) is -0.493. The third-order valence-electron chi connectivity index (χ3n) is 3.39. The lowest BCUT2D eigenvalue weighted by Gasteiger charge is -2.16. The van der Waals surface area contributed by atoms with Gasteiger partial charge in [0.05, 0.1) is 0 Å². The van der Waals surface area contributed by atoms with Gasteiger partial charge in [-0.25, -0.2) is 4.39 Å². The Labute approximate surface area is 124 Å². The minimum absolute atomic E-state index is 0.143. The SMILES string of the molecule is CCN[C@@H](CC)c1cncc(C(=O)c2ccc(F)cc2)c1. The first-order valence-corrected chi connectivity index (χ1v) is 7.14. The van der Waals surface area contributed by atoms with E-state index in [0.717, 1.165) is 18.5 Å². The molecule has 1 aromatic heterocycles. The van der Waals surface area contributed by atoms with Crippen molar-refractivity contribution >= 4 is 5.78 Å². The van der Waals surface area contributed by atoms with E-state index in [9.17, 15) is 9.18 Å². The number of ketones is 1. The van der Waals surface area contributed by atoms with Crippen LogP contribution in [-0.4, -0.2) is 17.3 Å². The van der Waals surface area contributed by atoms with Crippen LogP contribution in [0.4, 0.5) is 4.39 Å². The van der Waals surface area contributed by atoms with Crippen molar-refractivity contribution in [1.82, 2.24) is 10.3 Å². The fourth-order valence-electron chi connectivity index (χ4n) is 2.28. The summed E-state index contributed by atoms with van der Waals surface area (Å²) >= 11 is 0. The molecule has 1 N–H and O–H groups in total. The minimum atomic E-state index is -0.350. The molecule has 0 saturated carbocycles. The van der Waals surface area contributed by atoms with Crippen molar-refractivity contribution in [3.05, 3.63) is 65.2 Å². The Kier molecular flexibility index (Phi) is 5.17. The van der Waals surface area contributed by atoms with Crippen LogP contribution < -0.4 is 5.32 Å². The lowest BCUT2D eigenvalue weighted by Crippen LogP contribution is -2.20. The highest BCUT2D eigenvalue weighted by molar-refractivity contribution is 6.08. The monoisotopic (exact) mass is 286 g/mol. The fraction of sp³-hybridized carbons (Fsp3) is 0.294. The highest BCUT2D eigenvalue weighted by Crippen LogP contribution is 2.18. The van der Waals surface area contributed by atoms with Gasteiger partial charge in [0, 0.05) is 29.6 Å². The van der Waals surface area contributed by atoms with E-state index in [1.165, 1.54) is 24.3 Å². The summed E-state index contributed by atoms with van der Waals surface area (Å²) in [4.78, 5) is 16.6. The van der Waals surface area contributed by atoms with Gasteiger partial charge in [-0.15, -0.1) is 0 Å². The number of pyridine rings is 1. The Balaban J connectivity index is 2.28. The van der Waals surface area contributed by atoms with Gasteiger partial charge in [0.1, 0.15) is 5.82 Å². The van der Waals surface area contributed by atoms with Gasteiger partial charge < -0.3 is 5.32 Å². The second-order valence-electron chi connectivity index (χ2n) is 4.86. The number of nitrogens with one attached hydrogen (secondary N) is 1. The minimum Gasteiger partial charge on any atom is -0.310 e. The number of aromatic nitrogens is 1. The Morgan fingerprint density at radius 3 is 2.52 bits per heavy atom. The van der Waals surface area contributed by atoms with E-state index in [0.29, 0.717) is 11.1 Å². The molecule has 0 saturated heterocycles. The molecule has 0 unspecified atom stereocenters. The highest BCUT2D eigenvalue weighted by atomic mass is 19.1. The van der Waals surface area contributed by atoms with Crippen molar-refractivity contribution in [3.8, 4) is 0 Å². The van der Waals surface area contributed by atoms with Crippen LogP contribution in [-0.2, 0) is 0 Å². The molecule has 2 aromatic rings. The molecule has 0 aliphatic heterocycles. The molecular formula is C17H19FN2O. The Morgan fingerprint density at radius 2 is 1.90 bits per heavy atom. The molecule has 0 radical (unpaired) electrons. The highest BCUT2D eigenvalue weighted by Gasteiger charge is 2.13. The number of halogens is 1. The summed E-state index contributed by atoms with van der Waals surface area (Å²) in [6.07, 6.45) is 4.25. The van der Waals surface area contributed by atoms with Crippen molar-refractivity contribution in [2.24, 2.45) is 0 Å². The first kappa shape index (κ1) is 15.3. The summed E-state index contributed by atoms with van der Waals surface area (Å²) < 4.78 is 12.9. The molecule has 110 valence electrons. The van der Waals surface area contributed by atoms with Crippen LogP contribution in [0.25, 0.3) is 0 Å². The third-order valence-corrected chi connectivity index (χ3v) is 3.39. The number of rotatable bonds is 6. The number of carbonyl (C=O) groups excluding carboxylic acids is 1. The average molecular weight is 286 g/mol. The molecule has 0 spiro atoms. The molecular weight excluding hydrogens is 267 g/mol. The molecule has 0 fully saturated rings. The number of hydrogen-bond acceptors (Lipinski definition) is 3. The first-order chi connectivity index (χ1) is 10.2. The van der Waals surface area contributed by atoms with Crippen LogP contribution in [0.15, 0.2) is 42.7 Å². The van der Waals surface area contributed by atoms with Gasteiger partial charge in [0.2, 0.25) is 0 Å². The average Bonchev–Trinajstić information content (AvgIpc) is 2.53. The number of hydrogen-bond donors (Lipinski definition) is 1. The smallest absolute Gasteiger partial charge is 0.194 e. The van der Waals surface area contributed by atoms with Crippen LogP contribution in [0.1, 0.15) is 47.8 Å². The lowest BCUT2D eigenvalue weighted by molar-refractivity contribution is 0.103. The molecule has 1 heterocycles. The summed E-state index contributed by atoms with van der Waals surface area (Å²) in [7, 11) is 0. The fourth-order valence-corrected chi connectivity index (χ4v) is 2.28. The van der Waals surface area contributed by atoms with E-state index in [4.69, 9.17) is 0 Å². The maximum atomic E-state index is 12.9. The second kappa shape index (κ2) is 7.09. The number of carbonyl (C=O) groups is 1. The summed E-state index contributed by atoms with van der Waals surface area (Å²) in [5, 5.41) is 3.36. The predicted octanol–water partition coefficient (Wildman–Crippen LogP) is 3.51. The third kappa shape index (κ3) is 3.73. The van der Waals surface area contributed by atoms with Crippen molar-refractivity contribution in [2.75, 3.05) is 6.54 Å². The van der Waals surface area contributed by atoms with Gasteiger partial charge in [0.15, 0.2) is 5.78 Å². The van der Waals surface area contributed by atoms with Gasteiger partial charge in [-0.05, 0) is 48.9 Å². The molecule has 0 aliphatic carbocycles. The van der Waals surface area contributed by atoms with E-state index >= 15 is 0 Å². The molecule has 21 heavy (non-hydrogen) atoms. The quantitative estimate of drug-likeness (QED) is 0.826. The van der Waals surface area contributed by atoms with Crippen LogP contribution >= 0.6 is 0 Å². The second-order valence-corrected chi connectivity index (χ2v) is 4.86. The molecule has 0 bridgehead atoms. The Hall–Kier alpha value is -2.07. The van der Waals surface area contributed by atoms with E-state index in [2.05, 4.69) is 17.2 Å². The van der Waals surface area contributed by atoms with Crippen LogP contribution in [0.3, 0.4) is 0 Å². The molecule has 0 amide bonds. The van der Waals surface area contributed by atoms with Crippen molar-refractivity contribution in [1.29, 1.82) is 0 Å². The summed E-state index contributed by atoms with van der Waals surface area (Å²) in [5.41, 5.74) is 1.98.